The van der Waals surface area contributed by atoms with Gasteiger partial charge in [-0.15, -0.1) is 0 Å². The van der Waals surface area contributed by atoms with Crippen LogP contribution in [-0.4, -0.2) is 11.3 Å². The zero-order valence-corrected chi connectivity index (χ0v) is 6.15. The highest BCUT2D eigenvalue weighted by Gasteiger charge is 2.05. The van der Waals surface area contributed by atoms with Gasteiger partial charge in [-0.25, -0.2) is 0 Å². The van der Waals surface area contributed by atoms with Crippen LogP contribution >= 0.6 is 0 Å². The number of benzene rings is 1. The molecule has 0 aliphatic carbocycles. The molecule has 0 unspecified atom stereocenters. The van der Waals surface area contributed by atoms with E-state index in [0.717, 1.165) is 6.29 Å². The topological polar surface area (TPSA) is 69.1 Å². The number of carbonyl (C=O) groups excluding carboxylic acids is 1. The van der Waals surface area contributed by atoms with Crippen molar-refractivity contribution in [2.75, 3.05) is 5.73 Å². The third-order valence-electron chi connectivity index (χ3n) is 1.59. The van der Waals surface area contributed by atoms with Crippen LogP contribution < -0.4 is 5.73 Å². The molecule has 0 fully saturated rings. The molecule has 1 heterocycles. The van der Waals surface area contributed by atoms with Crippen molar-refractivity contribution in [3.05, 3.63) is 23.8 Å². The number of nitrogens with two attached hydrogens (primary N) is 1. The molecule has 60 valence electrons. The molecule has 2 N–H and O–H groups in total. The second-order valence-corrected chi connectivity index (χ2v) is 2.36. The molecule has 12 heavy (non-hydrogen) atoms. The number of hydrogen-bond acceptors (Lipinski definition) is 4. The average Bonchev–Trinajstić information content (AvgIpc) is 2.44. The number of oxazole rings is 1. The molecule has 0 spiro atoms. The number of anilines is 1. The molecule has 0 saturated carbocycles. The van der Waals surface area contributed by atoms with Crippen molar-refractivity contribution in [1.82, 2.24) is 4.98 Å². The van der Waals surface area contributed by atoms with E-state index in [4.69, 9.17) is 10.2 Å². The van der Waals surface area contributed by atoms with Crippen molar-refractivity contribution < 1.29 is 9.21 Å². The van der Waals surface area contributed by atoms with E-state index in [9.17, 15) is 4.79 Å². The molecule has 0 saturated heterocycles. The number of para-hydroxylation sites is 1. The predicted molar refractivity (Wildman–Crippen MR) is 43.8 cm³/mol. The van der Waals surface area contributed by atoms with Crippen molar-refractivity contribution >= 4 is 23.4 Å². The van der Waals surface area contributed by atoms with Gasteiger partial charge in [-0.05, 0) is 12.1 Å². The van der Waals surface area contributed by atoms with Gasteiger partial charge < -0.3 is 10.2 Å². The van der Waals surface area contributed by atoms with Gasteiger partial charge in [0.05, 0.1) is 0 Å². The molecule has 4 nitrogen and oxygen atoms in total. The van der Waals surface area contributed by atoms with Crippen molar-refractivity contribution in [3.8, 4) is 0 Å². The Bertz CT molecular complexity index is 434. The molecule has 0 atom stereocenters. The van der Waals surface area contributed by atoms with Crippen LogP contribution in [0.1, 0.15) is 10.4 Å². The summed E-state index contributed by atoms with van der Waals surface area (Å²) < 4.78 is 5.02. The fraction of sp³-hybridized carbons (Fsp3) is 0. The first-order valence-electron chi connectivity index (χ1n) is 3.41. The quantitative estimate of drug-likeness (QED) is 0.640. The Balaban J connectivity index is 2.86. The largest absolute Gasteiger partial charge is 0.424 e. The predicted octanol–water partition coefficient (Wildman–Crippen LogP) is 1.22. The molecule has 2 aromatic rings. The molecular formula is C8H6N2O2. The molecule has 0 radical (unpaired) electrons. The summed E-state index contributed by atoms with van der Waals surface area (Å²) in [5.41, 5.74) is 6.87. The van der Waals surface area contributed by atoms with Crippen molar-refractivity contribution in [2.24, 2.45) is 0 Å². The molecule has 0 amide bonds. The summed E-state index contributed by atoms with van der Waals surface area (Å²) in [6.07, 6.45) is 0.726. The monoisotopic (exact) mass is 162 g/mol. The zero-order valence-electron chi connectivity index (χ0n) is 6.15. The van der Waals surface area contributed by atoms with E-state index in [1.54, 1.807) is 18.2 Å². The summed E-state index contributed by atoms with van der Waals surface area (Å²) in [6.45, 7) is 0. The third-order valence-corrected chi connectivity index (χ3v) is 1.59. The SMILES string of the molecule is Nc1nc2c(C=O)cccc2o1. The number of fused-ring (bicyclic) bond motifs is 1. The maximum atomic E-state index is 10.5. The molecule has 0 aliphatic rings. The minimum absolute atomic E-state index is 0.0827. The van der Waals surface area contributed by atoms with Gasteiger partial charge in [-0.2, -0.15) is 4.98 Å². The Morgan fingerprint density at radius 2 is 2.33 bits per heavy atom. The second-order valence-electron chi connectivity index (χ2n) is 2.36. The Hall–Kier alpha value is -1.84. The molecular weight excluding hydrogens is 156 g/mol. The van der Waals surface area contributed by atoms with Gasteiger partial charge in [0.1, 0.15) is 5.52 Å². The van der Waals surface area contributed by atoms with E-state index < -0.39 is 0 Å². The number of hydrogen-bond donors (Lipinski definition) is 1. The van der Waals surface area contributed by atoms with E-state index in [1.165, 1.54) is 0 Å². The Kier molecular flexibility index (Phi) is 1.33. The fourth-order valence-electron chi connectivity index (χ4n) is 1.08. The molecule has 0 bridgehead atoms. The minimum Gasteiger partial charge on any atom is -0.424 e. The maximum Gasteiger partial charge on any atom is 0.293 e. The first-order chi connectivity index (χ1) is 5.81. The zero-order chi connectivity index (χ0) is 8.55. The van der Waals surface area contributed by atoms with E-state index in [-0.39, 0.29) is 6.01 Å². The molecule has 2 rings (SSSR count). The van der Waals surface area contributed by atoms with E-state index >= 15 is 0 Å². The van der Waals surface area contributed by atoms with Gasteiger partial charge in [-0.1, -0.05) is 6.07 Å². The van der Waals surface area contributed by atoms with Crippen molar-refractivity contribution in [2.45, 2.75) is 0 Å². The number of aldehydes is 1. The van der Waals surface area contributed by atoms with Crippen LogP contribution in [0.4, 0.5) is 6.01 Å². The molecule has 4 heteroatoms. The van der Waals surface area contributed by atoms with Crippen molar-refractivity contribution in [1.29, 1.82) is 0 Å². The summed E-state index contributed by atoms with van der Waals surface area (Å²) in [6, 6.07) is 5.18. The Morgan fingerprint density at radius 3 is 3.08 bits per heavy atom. The van der Waals surface area contributed by atoms with Gasteiger partial charge in [-0.3, -0.25) is 4.79 Å². The lowest BCUT2D eigenvalue weighted by Gasteiger charge is -1.87. The molecule has 1 aromatic carbocycles. The summed E-state index contributed by atoms with van der Waals surface area (Å²) in [5.74, 6) is 0. The lowest BCUT2D eigenvalue weighted by molar-refractivity contribution is 0.112. The number of aromatic nitrogens is 1. The van der Waals surface area contributed by atoms with Crippen LogP contribution in [0.25, 0.3) is 11.1 Å². The van der Waals surface area contributed by atoms with Crippen LogP contribution in [0.15, 0.2) is 22.6 Å². The normalized spacial score (nSPS) is 10.3. The molecule has 0 aliphatic heterocycles. The third kappa shape index (κ3) is 0.852. The summed E-state index contributed by atoms with van der Waals surface area (Å²) >= 11 is 0. The van der Waals surface area contributed by atoms with Gasteiger partial charge >= 0.3 is 0 Å². The summed E-state index contributed by atoms with van der Waals surface area (Å²) in [5, 5.41) is 0. The Morgan fingerprint density at radius 1 is 1.50 bits per heavy atom. The van der Waals surface area contributed by atoms with Crippen molar-refractivity contribution in [3.63, 3.8) is 0 Å². The average molecular weight is 162 g/mol. The summed E-state index contributed by atoms with van der Waals surface area (Å²) in [7, 11) is 0. The smallest absolute Gasteiger partial charge is 0.293 e. The van der Waals surface area contributed by atoms with Crippen LogP contribution in [-0.2, 0) is 0 Å². The Labute approximate surface area is 68.0 Å². The minimum atomic E-state index is 0.0827. The number of carbonyl (C=O) groups is 1. The van der Waals surface area contributed by atoms with Gasteiger partial charge in [0, 0.05) is 5.56 Å². The first kappa shape index (κ1) is 6.84. The number of nitrogens with zero attached hydrogens (tertiary/aromatic N) is 1. The standard InChI is InChI=1S/C8H6N2O2/c9-8-10-7-5(4-11)2-1-3-6(7)12-8/h1-4H,(H2,9,10). The first-order valence-corrected chi connectivity index (χ1v) is 3.41. The number of rotatable bonds is 1. The fourth-order valence-corrected chi connectivity index (χ4v) is 1.08. The maximum absolute atomic E-state index is 10.5. The lowest BCUT2D eigenvalue weighted by Crippen LogP contribution is -1.83. The highest BCUT2D eigenvalue weighted by molar-refractivity contribution is 5.93. The van der Waals surface area contributed by atoms with Gasteiger partial charge in [0.2, 0.25) is 0 Å². The lowest BCUT2D eigenvalue weighted by atomic mass is 10.2. The van der Waals surface area contributed by atoms with Crippen LogP contribution in [0.2, 0.25) is 0 Å². The van der Waals surface area contributed by atoms with Crippen LogP contribution in [0, 0.1) is 0 Å². The van der Waals surface area contributed by atoms with E-state index in [2.05, 4.69) is 4.98 Å². The number of nitrogen functional groups attached to an aromatic ring is 1. The van der Waals surface area contributed by atoms with E-state index in [1.807, 2.05) is 0 Å². The highest BCUT2D eigenvalue weighted by atomic mass is 16.4. The second kappa shape index (κ2) is 2.34. The highest BCUT2D eigenvalue weighted by Crippen LogP contribution is 2.18. The van der Waals surface area contributed by atoms with Crippen LogP contribution in [0.3, 0.4) is 0 Å². The van der Waals surface area contributed by atoms with Crippen LogP contribution in [0.5, 0.6) is 0 Å². The summed E-state index contributed by atoms with van der Waals surface area (Å²) in [4.78, 5) is 14.4. The van der Waals surface area contributed by atoms with Gasteiger partial charge in [0.25, 0.3) is 6.01 Å². The van der Waals surface area contributed by atoms with Gasteiger partial charge in [0.15, 0.2) is 11.9 Å². The van der Waals surface area contributed by atoms with E-state index in [0.29, 0.717) is 16.7 Å². The molecule has 1 aromatic heterocycles.